The monoisotopic (exact) mass is 252 g/mol. The van der Waals surface area contributed by atoms with E-state index in [1.165, 1.54) is 64.5 Å². The highest BCUT2D eigenvalue weighted by molar-refractivity contribution is 4.82. The van der Waals surface area contributed by atoms with E-state index in [9.17, 15) is 0 Å². The van der Waals surface area contributed by atoms with E-state index in [1.807, 2.05) is 0 Å². The lowest BCUT2D eigenvalue weighted by molar-refractivity contribution is 0.163. The molecule has 0 bridgehead atoms. The summed E-state index contributed by atoms with van der Waals surface area (Å²) in [6, 6.07) is 0.736. The summed E-state index contributed by atoms with van der Waals surface area (Å²) in [6.45, 7) is 5.96. The van der Waals surface area contributed by atoms with Gasteiger partial charge in [-0.15, -0.1) is 0 Å². The number of hydrogen-bond acceptors (Lipinski definition) is 2. The van der Waals surface area contributed by atoms with Crippen LogP contribution in [0.25, 0.3) is 0 Å². The lowest BCUT2D eigenvalue weighted by Crippen LogP contribution is -2.46. The Kier molecular flexibility index (Phi) is 5.97. The fourth-order valence-corrected chi connectivity index (χ4v) is 3.71. The van der Waals surface area contributed by atoms with Gasteiger partial charge >= 0.3 is 0 Å². The Bertz CT molecular complexity index is 219. The molecular weight excluding hydrogens is 220 g/mol. The highest BCUT2D eigenvalue weighted by Gasteiger charge is 2.25. The highest BCUT2D eigenvalue weighted by atomic mass is 15.1. The molecule has 1 unspecified atom stereocenters. The average Bonchev–Trinajstić information content (AvgIpc) is 2.34. The van der Waals surface area contributed by atoms with Gasteiger partial charge in [-0.1, -0.05) is 32.6 Å². The Labute approximate surface area is 114 Å². The Morgan fingerprint density at radius 1 is 1.06 bits per heavy atom. The first-order valence-corrected chi connectivity index (χ1v) is 8.21. The van der Waals surface area contributed by atoms with E-state index >= 15 is 0 Å². The van der Waals surface area contributed by atoms with Crippen molar-refractivity contribution in [3.05, 3.63) is 0 Å². The van der Waals surface area contributed by atoms with Crippen LogP contribution in [-0.2, 0) is 0 Å². The number of likely N-dealkylation sites (N-methyl/N-ethyl adjacent to an activating group) is 2. The predicted molar refractivity (Wildman–Crippen MR) is 78.9 cm³/mol. The van der Waals surface area contributed by atoms with Crippen molar-refractivity contribution >= 4 is 0 Å². The van der Waals surface area contributed by atoms with Gasteiger partial charge < -0.3 is 10.2 Å². The molecule has 2 rings (SSSR count). The molecule has 0 spiro atoms. The average molecular weight is 252 g/mol. The van der Waals surface area contributed by atoms with Gasteiger partial charge in [0.2, 0.25) is 0 Å². The minimum atomic E-state index is 0.736. The van der Waals surface area contributed by atoms with E-state index in [4.69, 9.17) is 0 Å². The molecule has 2 aliphatic carbocycles. The zero-order valence-electron chi connectivity index (χ0n) is 12.5. The van der Waals surface area contributed by atoms with E-state index in [-0.39, 0.29) is 0 Å². The molecule has 2 aliphatic rings. The minimum Gasteiger partial charge on any atom is -0.313 e. The van der Waals surface area contributed by atoms with Crippen molar-refractivity contribution in [3.8, 4) is 0 Å². The number of hydrogen-bond donors (Lipinski definition) is 1. The molecule has 18 heavy (non-hydrogen) atoms. The lowest BCUT2D eigenvalue weighted by atomic mass is 9.82. The lowest BCUT2D eigenvalue weighted by Gasteiger charge is -2.36. The van der Waals surface area contributed by atoms with Gasteiger partial charge in [0, 0.05) is 19.1 Å². The standard InChI is InChI=1S/C16H32N2/c1-3-17-16(15-10-5-4-6-11-15)13-18(2)12-14-8-7-9-14/h14-17H,3-13H2,1-2H3. The van der Waals surface area contributed by atoms with Crippen molar-refractivity contribution in [2.24, 2.45) is 11.8 Å². The van der Waals surface area contributed by atoms with Crippen LogP contribution in [0.5, 0.6) is 0 Å². The summed E-state index contributed by atoms with van der Waals surface area (Å²) in [5.74, 6) is 1.94. The molecule has 2 nitrogen and oxygen atoms in total. The second-order valence-corrected chi connectivity index (χ2v) is 6.58. The largest absolute Gasteiger partial charge is 0.313 e. The van der Waals surface area contributed by atoms with Gasteiger partial charge in [-0.3, -0.25) is 0 Å². The third-order valence-electron chi connectivity index (χ3n) is 4.99. The fourth-order valence-electron chi connectivity index (χ4n) is 3.71. The van der Waals surface area contributed by atoms with Crippen LogP contribution >= 0.6 is 0 Å². The van der Waals surface area contributed by atoms with Gasteiger partial charge in [0.05, 0.1) is 0 Å². The zero-order chi connectivity index (χ0) is 12.8. The predicted octanol–water partition coefficient (Wildman–Crippen LogP) is 3.28. The van der Waals surface area contributed by atoms with Crippen LogP contribution in [0.2, 0.25) is 0 Å². The molecule has 0 saturated heterocycles. The third kappa shape index (κ3) is 4.24. The van der Waals surface area contributed by atoms with Gasteiger partial charge in [-0.05, 0) is 51.1 Å². The molecule has 2 saturated carbocycles. The molecule has 0 aromatic rings. The maximum atomic E-state index is 3.75. The van der Waals surface area contributed by atoms with Gasteiger partial charge in [0.25, 0.3) is 0 Å². The normalized spacial score (nSPS) is 24.2. The Morgan fingerprint density at radius 2 is 1.78 bits per heavy atom. The summed E-state index contributed by atoms with van der Waals surface area (Å²) in [5.41, 5.74) is 0. The first kappa shape index (κ1) is 14.3. The smallest absolute Gasteiger partial charge is 0.0222 e. The Balaban J connectivity index is 1.76. The van der Waals surface area contributed by atoms with Crippen LogP contribution in [0.4, 0.5) is 0 Å². The van der Waals surface area contributed by atoms with Crippen LogP contribution < -0.4 is 5.32 Å². The van der Waals surface area contributed by atoms with Crippen molar-refractivity contribution in [2.45, 2.75) is 64.3 Å². The molecule has 2 heteroatoms. The molecule has 1 N–H and O–H groups in total. The molecule has 0 amide bonds. The number of nitrogens with zero attached hydrogens (tertiary/aromatic N) is 1. The summed E-state index contributed by atoms with van der Waals surface area (Å²) < 4.78 is 0. The molecular formula is C16H32N2. The van der Waals surface area contributed by atoms with Crippen molar-refractivity contribution in [3.63, 3.8) is 0 Å². The summed E-state index contributed by atoms with van der Waals surface area (Å²) in [4.78, 5) is 2.59. The Morgan fingerprint density at radius 3 is 2.33 bits per heavy atom. The van der Waals surface area contributed by atoms with Gasteiger partial charge in [0.15, 0.2) is 0 Å². The first-order chi connectivity index (χ1) is 8.79. The summed E-state index contributed by atoms with van der Waals surface area (Å²) in [5, 5.41) is 3.75. The molecule has 0 aliphatic heterocycles. The van der Waals surface area contributed by atoms with Crippen LogP contribution in [0.1, 0.15) is 58.3 Å². The Hall–Kier alpha value is -0.0800. The van der Waals surface area contributed by atoms with Crippen LogP contribution in [0.3, 0.4) is 0 Å². The van der Waals surface area contributed by atoms with E-state index in [0.717, 1.165) is 24.4 Å². The van der Waals surface area contributed by atoms with Crippen LogP contribution in [-0.4, -0.2) is 37.6 Å². The van der Waals surface area contributed by atoms with E-state index in [1.54, 1.807) is 0 Å². The van der Waals surface area contributed by atoms with Crippen molar-refractivity contribution < 1.29 is 0 Å². The van der Waals surface area contributed by atoms with Gasteiger partial charge in [-0.2, -0.15) is 0 Å². The minimum absolute atomic E-state index is 0.736. The summed E-state index contributed by atoms with van der Waals surface area (Å²) in [6.07, 6.45) is 11.7. The summed E-state index contributed by atoms with van der Waals surface area (Å²) >= 11 is 0. The zero-order valence-corrected chi connectivity index (χ0v) is 12.5. The first-order valence-electron chi connectivity index (χ1n) is 8.21. The maximum Gasteiger partial charge on any atom is 0.0222 e. The number of rotatable bonds is 7. The quantitative estimate of drug-likeness (QED) is 0.748. The topological polar surface area (TPSA) is 15.3 Å². The van der Waals surface area contributed by atoms with Crippen molar-refractivity contribution in [1.82, 2.24) is 10.2 Å². The number of nitrogens with one attached hydrogen (secondary N) is 1. The molecule has 1 atom stereocenters. The van der Waals surface area contributed by atoms with E-state index in [2.05, 4.69) is 24.2 Å². The SMILES string of the molecule is CCNC(CN(C)CC1CCC1)C1CCCCC1. The maximum absolute atomic E-state index is 3.75. The molecule has 2 fully saturated rings. The molecule has 0 heterocycles. The third-order valence-corrected chi connectivity index (χ3v) is 4.99. The van der Waals surface area contributed by atoms with Crippen LogP contribution in [0.15, 0.2) is 0 Å². The molecule has 0 aromatic heterocycles. The van der Waals surface area contributed by atoms with Crippen molar-refractivity contribution in [1.29, 1.82) is 0 Å². The van der Waals surface area contributed by atoms with Crippen molar-refractivity contribution in [2.75, 3.05) is 26.7 Å². The van der Waals surface area contributed by atoms with Crippen LogP contribution in [0, 0.1) is 11.8 Å². The highest BCUT2D eigenvalue weighted by Crippen LogP contribution is 2.29. The summed E-state index contributed by atoms with van der Waals surface area (Å²) in [7, 11) is 2.32. The molecule has 106 valence electrons. The second kappa shape index (κ2) is 7.49. The van der Waals surface area contributed by atoms with Gasteiger partial charge in [-0.25, -0.2) is 0 Å². The van der Waals surface area contributed by atoms with E-state index < -0.39 is 0 Å². The van der Waals surface area contributed by atoms with Gasteiger partial charge in [0.1, 0.15) is 0 Å². The molecule has 0 aromatic carbocycles. The fraction of sp³-hybridized carbons (Fsp3) is 1.00. The van der Waals surface area contributed by atoms with E-state index in [0.29, 0.717) is 0 Å². The molecule has 0 radical (unpaired) electrons. The second-order valence-electron chi connectivity index (χ2n) is 6.58.